The number of morpholine rings is 1. The van der Waals surface area contributed by atoms with Gasteiger partial charge in [0.2, 0.25) is 11.8 Å². The molecule has 8 heteroatoms. The summed E-state index contributed by atoms with van der Waals surface area (Å²) in [4.78, 5) is 20.4. The summed E-state index contributed by atoms with van der Waals surface area (Å²) in [6, 6.07) is 12.0. The maximum atomic E-state index is 11.8. The molecule has 0 unspecified atom stereocenters. The quantitative estimate of drug-likeness (QED) is 0.485. The van der Waals surface area contributed by atoms with Crippen LogP contribution in [0.1, 0.15) is 37.8 Å². The summed E-state index contributed by atoms with van der Waals surface area (Å²) in [5.41, 5.74) is 6.24. The van der Waals surface area contributed by atoms with E-state index in [9.17, 15) is 4.79 Å². The second-order valence-corrected chi connectivity index (χ2v) is 7.77. The molecule has 2 saturated heterocycles. The summed E-state index contributed by atoms with van der Waals surface area (Å²) < 4.78 is 11.4. The Morgan fingerprint density at radius 1 is 1.18 bits per heavy atom. The highest BCUT2D eigenvalue weighted by Gasteiger charge is 2.20. The van der Waals surface area contributed by atoms with Crippen LogP contribution in [0.15, 0.2) is 41.5 Å². The number of pyridine rings is 1. The molecule has 0 aliphatic carbocycles. The molecule has 0 bridgehead atoms. The van der Waals surface area contributed by atoms with Crippen LogP contribution in [0.5, 0.6) is 5.88 Å². The van der Waals surface area contributed by atoms with Crippen LogP contribution in [0.4, 0.5) is 11.5 Å². The summed E-state index contributed by atoms with van der Waals surface area (Å²) in [6.07, 6.45) is 3.34. The zero-order valence-electron chi connectivity index (χ0n) is 19.9. The molecule has 0 saturated carbocycles. The molecule has 1 aromatic heterocycles. The average Bonchev–Trinajstić information content (AvgIpc) is 3.25. The van der Waals surface area contributed by atoms with Gasteiger partial charge in [0.05, 0.1) is 26.0 Å². The van der Waals surface area contributed by atoms with Crippen molar-refractivity contribution >= 4 is 23.6 Å². The standard InChI is InChI=1S/C23H29N5O3.C2H6/c1-18-4-2-5-19(14-18)17-24-26-21-15-20(27-8-11-30-12-9-27)16-22(25-21)31-13-10-28-7-3-6-23(28)29;1-2/h2,4-5,14-17H,3,6-13H2,1H3,(H,25,26);1-2H3/b24-17+;. The molecular formula is C25H35N5O3. The first-order valence-corrected chi connectivity index (χ1v) is 11.8. The van der Waals surface area contributed by atoms with Gasteiger partial charge in [-0.05, 0) is 18.9 Å². The number of likely N-dealkylation sites (tertiary alicyclic amines) is 1. The number of nitrogens with zero attached hydrogens (tertiary/aromatic N) is 4. The van der Waals surface area contributed by atoms with Gasteiger partial charge in [0, 0.05) is 43.9 Å². The van der Waals surface area contributed by atoms with Gasteiger partial charge in [-0.15, -0.1) is 0 Å². The number of anilines is 2. The Balaban J connectivity index is 0.00000149. The van der Waals surface area contributed by atoms with Crippen LogP contribution in [0, 0.1) is 6.92 Å². The molecule has 33 heavy (non-hydrogen) atoms. The SMILES string of the molecule is CC.Cc1cccc(/C=N/Nc2cc(N3CCOCC3)cc(OCCN3CCCC3=O)n2)c1. The first kappa shape index (κ1) is 24.5. The molecule has 8 nitrogen and oxygen atoms in total. The molecule has 2 aliphatic rings. The normalized spacial score (nSPS) is 16.0. The van der Waals surface area contributed by atoms with Gasteiger partial charge in [0.15, 0.2) is 5.82 Å². The van der Waals surface area contributed by atoms with Crippen LogP contribution in [0.25, 0.3) is 0 Å². The number of hydrazone groups is 1. The van der Waals surface area contributed by atoms with E-state index >= 15 is 0 Å². The van der Waals surface area contributed by atoms with E-state index < -0.39 is 0 Å². The zero-order valence-corrected chi connectivity index (χ0v) is 19.9. The average molecular weight is 454 g/mol. The molecule has 3 heterocycles. The number of aromatic nitrogens is 1. The molecule has 0 spiro atoms. The van der Waals surface area contributed by atoms with Crippen molar-refractivity contribution in [2.24, 2.45) is 5.10 Å². The zero-order chi connectivity index (χ0) is 23.5. The lowest BCUT2D eigenvalue weighted by Crippen LogP contribution is -2.36. The van der Waals surface area contributed by atoms with Crippen molar-refractivity contribution in [2.45, 2.75) is 33.6 Å². The smallest absolute Gasteiger partial charge is 0.222 e. The number of hydrogen-bond donors (Lipinski definition) is 1. The van der Waals surface area contributed by atoms with Crippen LogP contribution >= 0.6 is 0 Å². The van der Waals surface area contributed by atoms with Crippen LogP contribution < -0.4 is 15.1 Å². The van der Waals surface area contributed by atoms with E-state index in [2.05, 4.69) is 39.5 Å². The van der Waals surface area contributed by atoms with Gasteiger partial charge >= 0.3 is 0 Å². The molecule has 2 fully saturated rings. The Kier molecular flexibility index (Phi) is 9.50. The molecule has 0 atom stereocenters. The summed E-state index contributed by atoms with van der Waals surface area (Å²) in [5, 5.41) is 4.34. The summed E-state index contributed by atoms with van der Waals surface area (Å²) in [7, 11) is 0. The van der Waals surface area contributed by atoms with Gasteiger partial charge in [0.25, 0.3) is 0 Å². The minimum Gasteiger partial charge on any atom is -0.476 e. The summed E-state index contributed by atoms with van der Waals surface area (Å²) in [5.74, 6) is 1.33. The van der Waals surface area contributed by atoms with E-state index in [0.29, 0.717) is 44.5 Å². The topological polar surface area (TPSA) is 79.3 Å². The third-order valence-corrected chi connectivity index (χ3v) is 5.38. The molecule has 1 aromatic carbocycles. The van der Waals surface area contributed by atoms with Crippen molar-refractivity contribution in [2.75, 3.05) is 56.3 Å². The molecule has 1 amide bonds. The monoisotopic (exact) mass is 453 g/mol. The van der Waals surface area contributed by atoms with Crippen molar-refractivity contribution in [3.63, 3.8) is 0 Å². The minimum atomic E-state index is 0.200. The fourth-order valence-corrected chi connectivity index (χ4v) is 3.75. The predicted octanol–water partition coefficient (Wildman–Crippen LogP) is 3.70. The Hall–Kier alpha value is -3.13. The first-order valence-electron chi connectivity index (χ1n) is 11.8. The molecule has 2 aliphatic heterocycles. The molecule has 0 radical (unpaired) electrons. The number of nitrogens with one attached hydrogen (secondary N) is 1. The van der Waals surface area contributed by atoms with Crippen molar-refractivity contribution in [3.05, 3.63) is 47.5 Å². The summed E-state index contributed by atoms with van der Waals surface area (Å²) in [6.45, 7) is 10.9. The highest BCUT2D eigenvalue weighted by atomic mass is 16.5. The van der Waals surface area contributed by atoms with E-state index in [1.807, 2.05) is 43.0 Å². The first-order chi connectivity index (χ1) is 16.2. The molecule has 4 rings (SSSR count). The van der Waals surface area contributed by atoms with Crippen LogP contribution in [0.2, 0.25) is 0 Å². The van der Waals surface area contributed by atoms with Gasteiger partial charge in [0.1, 0.15) is 6.61 Å². The van der Waals surface area contributed by atoms with E-state index in [0.717, 1.165) is 37.3 Å². The summed E-state index contributed by atoms with van der Waals surface area (Å²) >= 11 is 0. The molecule has 178 valence electrons. The van der Waals surface area contributed by atoms with E-state index in [-0.39, 0.29) is 5.91 Å². The molecular weight excluding hydrogens is 418 g/mol. The van der Waals surface area contributed by atoms with Crippen molar-refractivity contribution in [3.8, 4) is 5.88 Å². The number of benzene rings is 1. The fourth-order valence-electron chi connectivity index (χ4n) is 3.75. The van der Waals surface area contributed by atoms with Crippen molar-refractivity contribution < 1.29 is 14.3 Å². The number of rotatable bonds is 8. The Labute approximate surface area is 196 Å². The lowest BCUT2D eigenvalue weighted by molar-refractivity contribution is -0.128. The third-order valence-electron chi connectivity index (χ3n) is 5.38. The molecule has 1 N–H and O–H groups in total. The van der Waals surface area contributed by atoms with E-state index in [4.69, 9.17) is 9.47 Å². The Morgan fingerprint density at radius 2 is 2.00 bits per heavy atom. The van der Waals surface area contributed by atoms with Gasteiger partial charge < -0.3 is 19.3 Å². The van der Waals surface area contributed by atoms with Crippen LogP contribution in [-0.2, 0) is 9.53 Å². The Bertz CT molecular complexity index is 928. The largest absolute Gasteiger partial charge is 0.476 e. The van der Waals surface area contributed by atoms with E-state index in [1.165, 1.54) is 5.56 Å². The number of aryl methyl sites for hydroxylation is 1. The fraction of sp³-hybridized carbons (Fsp3) is 0.480. The number of carbonyl (C=O) groups excluding carboxylic acids is 1. The second kappa shape index (κ2) is 12.8. The third kappa shape index (κ3) is 7.46. The van der Waals surface area contributed by atoms with E-state index in [1.54, 1.807) is 6.21 Å². The van der Waals surface area contributed by atoms with Gasteiger partial charge in [-0.25, -0.2) is 0 Å². The number of carbonyl (C=O) groups is 1. The Morgan fingerprint density at radius 3 is 2.73 bits per heavy atom. The lowest BCUT2D eigenvalue weighted by Gasteiger charge is -2.29. The maximum absolute atomic E-state index is 11.8. The molecule has 2 aromatic rings. The number of hydrogen-bond acceptors (Lipinski definition) is 7. The number of ether oxygens (including phenoxy) is 2. The van der Waals surface area contributed by atoms with Crippen LogP contribution in [-0.4, -0.2) is 68.0 Å². The van der Waals surface area contributed by atoms with Crippen molar-refractivity contribution in [1.29, 1.82) is 0 Å². The van der Waals surface area contributed by atoms with Gasteiger partial charge in [-0.3, -0.25) is 10.2 Å². The maximum Gasteiger partial charge on any atom is 0.222 e. The lowest BCUT2D eigenvalue weighted by atomic mass is 10.2. The predicted molar refractivity (Wildman–Crippen MR) is 132 cm³/mol. The minimum absolute atomic E-state index is 0.200. The highest BCUT2D eigenvalue weighted by molar-refractivity contribution is 5.80. The second-order valence-electron chi connectivity index (χ2n) is 7.77. The highest BCUT2D eigenvalue weighted by Crippen LogP contribution is 2.25. The van der Waals surface area contributed by atoms with Gasteiger partial charge in [-0.1, -0.05) is 43.7 Å². The van der Waals surface area contributed by atoms with Crippen molar-refractivity contribution in [1.82, 2.24) is 9.88 Å². The van der Waals surface area contributed by atoms with Gasteiger partial charge in [-0.2, -0.15) is 10.1 Å². The van der Waals surface area contributed by atoms with Crippen LogP contribution in [0.3, 0.4) is 0 Å². The number of amides is 1.